The van der Waals surface area contributed by atoms with E-state index in [0.717, 1.165) is 11.1 Å². The Bertz CT molecular complexity index is 545. The Morgan fingerprint density at radius 3 is 2.11 bits per heavy atom. The summed E-state index contributed by atoms with van der Waals surface area (Å²) in [5.74, 6) is 0. The second-order valence-electron chi connectivity index (χ2n) is 4.01. The summed E-state index contributed by atoms with van der Waals surface area (Å²) in [4.78, 5) is 10.6. The molecule has 0 bridgehead atoms. The maximum absolute atomic E-state index is 10.6. The standard InChI is InChI=1S/C15H11Cl2O2/c16-14-6-12(7-15(17)13(14)8-18)10-19-9-11-4-2-1-3-5-11/h1-7H,9-10H2. The van der Waals surface area contributed by atoms with Crippen molar-refractivity contribution in [2.75, 3.05) is 0 Å². The van der Waals surface area contributed by atoms with Crippen LogP contribution in [0.3, 0.4) is 0 Å². The Morgan fingerprint density at radius 2 is 1.53 bits per heavy atom. The summed E-state index contributed by atoms with van der Waals surface area (Å²) in [5, 5.41) is 0.585. The first kappa shape index (κ1) is 14.1. The molecule has 2 aromatic rings. The smallest absolute Gasteiger partial charge is 0.236 e. The molecule has 0 aliphatic rings. The Kier molecular flexibility index (Phi) is 4.97. The molecule has 2 aromatic carbocycles. The average molecular weight is 294 g/mol. The van der Waals surface area contributed by atoms with Crippen molar-refractivity contribution in [3.05, 3.63) is 69.2 Å². The molecule has 0 aliphatic carbocycles. The summed E-state index contributed by atoms with van der Waals surface area (Å²) in [6.45, 7) is 0.894. The second-order valence-corrected chi connectivity index (χ2v) is 4.83. The Hall–Kier alpha value is -1.35. The van der Waals surface area contributed by atoms with Crippen LogP contribution in [0, 0.1) is 0 Å². The van der Waals surface area contributed by atoms with Crippen molar-refractivity contribution in [3.8, 4) is 0 Å². The molecule has 19 heavy (non-hydrogen) atoms. The van der Waals surface area contributed by atoms with Crippen LogP contribution in [0.4, 0.5) is 0 Å². The Labute approximate surface area is 121 Å². The van der Waals surface area contributed by atoms with Crippen LogP contribution in [0.25, 0.3) is 0 Å². The fraction of sp³-hybridized carbons (Fsp3) is 0.133. The van der Waals surface area contributed by atoms with Crippen molar-refractivity contribution < 1.29 is 9.53 Å². The normalized spacial score (nSPS) is 10.4. The lowest BCUT2D eigenvalue weighted by atomic mass is 10.1. The highest BCUT2D eigenvalue weighted by Gasteiger charge is 2.08. The van der Waals surface area contributed by atoms with Gasteiger partial charge in [0.15, 0.2) is 0 Å². The molecule has 4 heteroatoms. The van der Waals surface area contributed by atoms with E-state index in [1.807, 2.05) is 30.3 Å². The van der Waals surface area contributed by atoms with Gasteiger partial charge in [-0.15, -0.1) is 0 Å². The number of halogens is 2. The highest BCUT2D eigenvalue weighted by atomic mass is 35.5. The number of hydrogen-bond acceptors (Lipinski definition) is 2. The van der Waals surface area contributed by atoms with Gasteiger partial charge in [-0.05, 0) is 23.3 Å². The SMILES string of the molecule is O=[C]c1c(Cl)cc(COCc2ccccc2)cc1Cl. The van der Waals surface area contributed by atoms with E-state index in [-0.39, 0.29) is 5.56 Å². The summed E-state index contributed by atoms with van der Waals surface area (Å²) in [6.07, 6.45) is 1.72. The maximum atomic E-state index is 10.6. The fourth-order valence-electron chi connectivity index (χ4n) is 1.67. The van der Waals surface area contributed by atoms with Crippen molar-refractivity contribution in [1.82, 2.24) is 0 Å². The predicted molar refractivity (Wildman–Crippen MR) is 76.2 cm³/mol. The number of ether oxygens (including phenoxy) is 1. The van der Waals surface area contributed by atoms with E-state index in [9.17, 15) is 4.79 Å². The number of benzene rings is 2. The molecule has 0 heterocycles. The van der Waals surface area contributed by atoms with Gasteiger partial charge in [0.25, 0.3) is 0 Å². The third-order valence-corrected chi connectivity index (χ3v) is 3.18. The van der Waals surface area contributed by atoms with Crippen molar-refractivity contribution in [2.24, 2.45) is 0 Å². The molecule has 0 spiro atoms. The third kappa shape index (κ3) is 3.80. The average Bonchev–Trinajstić information content (AvgIpc) is 2.40. The minimum absolute atomic E-state index is 0.190. The molecular weight excluding hydrogens is 283 g/mol. The highest BCUT2D eigenvalue weighted by molar-refractivity contribution is 6.38. The van der Waals surface area contributed by atoms with Crippen molar-refractivity contribution >= 4 is 29.5 Å². The van der Waals surface area contributed by atoms with Crippen molar-refractivity contribution in [1.29, 1.82) is 0 Å². The third-order valence-electron chi connectivity index (χ3n) is 2.58. The molecule has 0 aromatic heterocycles. The number of carbonyl (C=O) groups excluding carboxylic acids is 1. The van der Waals surface area contributed by atoms with Crippen LogP contribution < -0.4 is 0 Å². The first-order valence-electron chi connectivity index (χ1n) is 5.68. The van der Waals surface area contributed by atoms with Crippen LogP contribution in [0.5, 0.6) is 0 Å². The van der Waals surface area contributed by atoms with Crippen LogP contribution in [-0.4, -0.2) is 6.29 Å². The summed E-state index contributed by atoms with van der Waals surface area (Å²) >= 11 is 11.9. The summed E-state index contributed by atoms with van der Waals surface area (Å²) in [6, 6.07) is 13.2. The zero-order valence-corrected chi connectivity index (χ0v) is 11.5. The van der Waals surface area contributed by atoms with Gasteiger partial charge in [-0.25, -0.2) is 0 Å². The minimum Gasteiger partial charge on any atom is -0.372 e. The van der Waals surface area contributed by atoms with Gasteiger partial charge in [-0.2, -0.15) is 0 Å². The lowest BCUT2D eigenvalue weighted by Gasteiger charge is -2.07. The molecule has 2 rings (SSSR count). The Morgan fingerprint density at radius 1 is 0.947 bits per heavy atom. The van der Waals surface area contributed by atoms with E-state index in [1.165, 1.54) is 0 Å². The molecule has 97 valence electrons. The number of hydrogen-bond donors (Lipinski definition) is 0. The van der Waals surface area contributed by atoms with Gasteiger partial charge in [0.05, 0.1) is 28.8 Å². The molecule has 0 unspecified atom stereocenters. The molecule has 1 radical (unpaired) electrons. The van der Waals surface area contributed by atoms with Gasteiger partial charge in [0, 0.05) is 0 Å². The highest BCUT2D eigenvalue weighted by Crippen LogP contribution is 2.25. The topological polar surface area (TPSA) is 26.3 Å². The van der Waals surface area contributed by atoms with Gasteiger partial charge < -0.3 is 4.74 Å². The van der Waals surface area contributed by atoms with Crippen LogP contribution in [0.1, 0.15) is 16.7 Å². The van der Waals surface area contributed by atoms with E-state index in [0.29, 0.717) is 23.3 Å². The van der Waals surface area contributed by atoms with Crippen LogP contribution in [0.2, 0.25) is 10.0 Å². The zero-order valence-electron chi connectivity index (χ0n) is 10.0. The predicted octanol–water partition coefficient (Wildman–Crippen LogP) is 4.17. The van der Waals surface area contributed by atoms with Gasteiger partial charge in [-0.3, -0.25) is 4.79 Å². The van der Waals surface area contributed by atoms with Crippen LogP contribution in [-0.2, 0) is 22.7 Å². The maximum Gasteiger partial charge on any atom is 0.236 e. The van der Waals surface area contributed by atoms with Gasteiger partial charge in [0.1, 0.15) is 0 Å². The molecule has 0 saturated heterocycles. The van der Waals surface area contributed by atoms with Crippen LogP contribution >= 0.6 is 23.2 Å². The van der Waals surface area contributed by atoms with E-state index in [2.05, 4.69) is 0 Å². The lowest BCUT2D eigenvalue weighted by molar-refractivity contribution is 0.107. The molecule has 0 amide bonds. The zero-order chi connectivity index (χ0) is 13.7. The molecule has 2 nitrogen and oxygen atoms in total. The van der Waals surface area contributed by atoms with Gasteiger partial charge in [0.2, 0.25) is 6.29 Å². The Balaban J connectivity index is 1.99. The molecule has 0 atom stereocenters. The van der Waals surface area contributed by atoms with E-state index >= 15 is 0 Å². The molecule has 0 N–H and O–H groups in total. The first-order valence-corrected chi connectivity index (χ1v) is 6.44. The molecule has 0 saturated carbocycles. The monoisotopic (exact) mass is 293 g/mol. The summed E-state index contributed by atoms with van der Waals surface area (Å²) in [5.41, 5.74) is 2.11. The molecule has 0 aliphatic heterocycles. The minimum atomic E-state index is 0.190. The molecular formula is C15H11Cl2O2. The second kappa shape index (κ2) is 6.71. The number of rotatable bonds is 5. The fourth-order valence-corrected chi connectivity index (χ4v) is 2.28. The van der Waals surface area contributed by atoms with Crippen molar-refractivity contribution in [3.63, 3.8) is 0 Å². The summed E-state index contributed by atoms with van der Waals surface area (Å²) in [7, 11) is 0. The summed E-state index contributed by atoms with van der Waals surface area (Å²) < 4.78 is 5.57. The van der Waals surface area contributed by atoms with E-state index in [1.54, 1.807) is 18.4 Å². The molecule has 0 fully saturated rings. The van der Waals surface area contributed by atoms with E-state index < -0.39 is 0 Å². The quantitative estimate of drug-likeness (QED) is 0.827. The van der Waals surface area contributed by atoms with Crippen molar-refractivity contribution in [2.45, 2.75) is 13.2 Å². The first-order chi connectivity index (χ1) is 9.20. The van der Waals surface area contributed by atoms with Crippen LogP contribution in [0.15, 0.2) is 42.5 Å². The largest absolute Gasteiger partial charge is 0.372 e. The van der Waals surface area contributed by atoms with Gasteiger partial charge >= 0.3 is 0 Å². The lowest BCUT2D eigenvalue weighted by Crippen LogP contribution is -1.96. The van der Waals surface area contributed by atoms with Gasteiger partial charge in [-0.1, -0.05) is 53.5 Å². The van der Waals surface area contributed by atoms with E-state index in [4.69, 9.17) is 27.9 Å².